The lowest BCUT2D eigenvalue weighted by Crippen LogP contribution is -2.26. The normalized spacial score (nSPS) is 36.4. The van der Waals surface area contributed by atoms with Crippen molar-refractivity contribution in [2.45, 2.75) is 64.8 Å². The first-order valence-electron chi connectivity index (χ1n) is 6.90. The van der Waals surface area contributed by atoms with Crippen molar-refractivity contribution in [3.63, 3.8) is 0 Å². The zero-order valence-corrected chi connectivity index (χ0v) is 10.4. The Kier molecular flexibility index (Phi) is 3.71. The van der Waals surface area contributed by atoms with Gasteiger partial charge in [0.1, 0.15) is 0 Å². The summed E-state index contributed by atoms with van der Waals surface area (Å²) in [5.74, 6) is 3.94. The molecule has 0 aromatic rings. The Morgan fingerprint density at radius 2 is 1.93 bits per heavy atom. The molecule has 2 aliphatic carbocycles. The standard InChI is InChI=1S/C14H27N/c1-10(2)3-6-14(15)9-13-8-11-4-5-12(13)7-11/h10-14H,3-9,15H2,1-2H3. The molecule has 1 nitrogen and oxygen atoms in total. The summed E-state index contributed by atoms with van der Waals surface area (Å²) in [6.07, 6.45) is 9.91. The molecule has 4 unspecified atom stereocenters. The lowest BCUT2D eigenvalue weighted by Gasteiger charge is -2.25. The Morgan fingerprint density at radius 3 is 2.47 bits per heavy atom. The molecule has 2 N–H and O–H groups in total. The van der Waals surface area contributed by atoms with Gasteiger partial charge in [-0.05, 0) is 62.2 Å². The predicted octanol–water partition coefficient (Wildman–Crippen LogP) is 3.58. The first kappa shape index (κ1) is 11.4. The van der Waals surface area contributed by atoms with Crippen molar-refractivity contribution < 1.29 is 0 Å². The summed E-state index contributed by atoms with van der Waals surface area (Å²) in [6, 6.07) is 0.483. The lowest BCUT2D eigenvalue weighted by atomic mass is 9.83. The quantitative estimate of drug-likeness (QED) is 0.736. The fourth-order valence-electron chi connectivity index (χ4n) is 3.72. The first-order chi connectivity index (χ1) is 7.15. The van der Waals surface area contributed by atoms with Crippen LogP contribution in [0.2, 0.25) is 0 Å². The Bertz CT molecular complexity index is 200. The Hall–Kier alpha value is -0.0400. The van der Waals surface area contributed by atoms with Crippen LogP contribution < -0.4 is 5.73 Å². The summed E-state index contributed by atoms with van der Waals surface area (Å²) in [6.45, 7) is 4.59. The van der Waals surface area contributed by atoms with E-state index in [2.05, 4.69) is 13.8 Å². The molecule has 0 aromatic heterocycles. The third kappa shape index (κ3) is 2.96. The average molecular weight is 209 g/mol. The van der Waals surface area contributed by atoms with Crippen molar-refractivity contribution in [1.82, 2.24) is 0 Å². The van der Waals surface area contributed by atoms with E-state index in [4.69, 9.17) is 5.73 Å². The molecular formula is C14H27N. The molecule has 0 spiro atoms. The molecule has 4 atom stereocenters. The highest BCUT2D eigenvalue weighted by atomic mass is 14.6. The fourth-order valence-corrected chi connectivity index (χ4v) is 3.72. The molecule has 0 heterocycles. The summed E-state index contributed by atoms with van der Waals surface area (Å²) in [4.78, 5) is 0. The van der Waals surface area contributed by atoms with Gasteiger partial charge >= 0.3 is 0 Å². The van der Waals surface area contributed by atoms with Crippen LogP contribution in [0.4, 0.5) is 0 Å². The van der Waals surface area contributed by atoms with E-state index >= 15 is 0 Å². The highest BCUT2D eigenvalue weighted by molar-refractivity contribution is 4.91. The molecule has 2 saturated carbocycles. The van der Waals surface area contributed by atoms with E-state index in [1.54, 1.807) is 0 Å². The van der Waals surface area contributed by atoms with Gasteiger partial charge in [-0.2, -0.15) is 0 Å². The van der Waals surface area contributed by atoms with Crippen LogP contribution in [0.25, 0.3) is 0 Å². The van der Waals surface area contributed by atoms with Crippen LogP contribution >= 0.6 is 0 Å². The van der Waals surface area contributed by atoms with Crippen LogP contribution in [-0.2, 0) is 0 Å². The Balaban J connectivity index is 1.68. The van der Waals surface area contributed by atoms with E-state index in [-0.39, 0.29) is 0 Å². The van der Waals surface area contributed by atoms with Crippen LogP contribution in [0.3, 0.4) is 0 Å². The molecule has 0 saturated heterocycles. The van der Waals surface area contributed by atoms with Crippen molar-refractivity contribution in [3.05, 3.63) is 0 Å². The maximum Gasteiger partial charge on any atom is 0.00416 e. The monoisotopic (exact) mass is 209 g/mol. The predicted molar refractivity (Wildman–Crippen MR) is 65.6 cm³/mol. The van der Waals surface area contributed by atoms with E-state index in [0.29, 0.717) is 6.04 Å². The molecular weight excluding hydrogens is 182 g/mol. The fraction of sp³-hybridized carbons (Fsp3) is 1.00. The number of hydrogen-bond donors (Lipinski definition) is 1. The summed E-state index contributed by atoms with van der Waals surface area (Å²) in [5, 5.41) is 0. The Labute approximate surface area is 94.8 Å². The van der Waals surface area contributed by atoms with Gasteiger partial charge in [-0.1, -0.05) is 20.3 Å². The van der Waals surface area contributed by atoms with Gasteiger partial charge in [0, 0.05) is 6.04 Å². The van der Waals surface area contributed by atoms with Gasteiger partial charge in [-0.15, -0.1) is 0 Å². The molecule has 2 aliphatic rings. The minimum atomic E-state index is 0.483. The number of hydrogen-bond acceptors (Lipinski definition) is 1. The zero-order valence-electron chi connectivity index (χ0n) is 10.4. The zero-order chi connectivity index (χ0) is 10.8. The second kappa shape index (κ2) is 4.86. The topological polar surface area (TPSA) is 26.0 Å². The van der Waals surface area contributed by atoms with Gasteiger partial charge < -0.3 is 5.73 Å². The molecule has 2 bridgehead atoms. The van der Waals surface area contributed by atoms with E-state index in [0.717, 1.165) is 23.7 Å². The number of fused-ring (bicyclic) bond motifs is 2. The highest BCUT2D eigenvalue weighted by Gasteiger charge is 2.39. The molecule has 2 rings (SSSR count). The van der Waals surface area contributed by atoms with Gasteiger partial charge in [0.05, 0.1) is 0 Å². The molecule has 2 fully saturated rings. The molecule has 15 heavy (non-hydrogen) atoms. The second-order valence-electron chi connectivity index (χ2n) is 6.40. The Morgan fingerprint density at radius 1 is 1.13 bits per heavy atom. The third-order valence-corrected chi connectivity index (χ3v) is 4.60. The lowest BCUT2D eigenvalue weighted by molar-refractivity contribution is 0.286. The number of nitrogens with two attached hydrogens (primary N) is 1. The van der Waals surface area contributed by atoms with E-state index in [9.17, 15) is 0 Å². The molecule has 0 aromatic carbocycles. The van der Waals surface area contributed by atoms with Crippen molar-refractivity contribution in [2.24, 2.45) is 29.4 Å². The van der Waals surface area contributed by atoms with E-state index in [1.165, 1.54) is 44.9 Å². The van der Waals surface area contributed by atoms with E-state index < -0.39 is 0 Å². The second-order valence-corrected chi connectivity index (χ2v) is 6.40. The van der Waals surface area contributed by atoms with Crippen LogP contribution in [0.5, 0.6) is 0 Å². The van der Waals surface area contributed by atoms with Crippen molar-refractivity contribution in [2.75, 3.05) is 0 Å². The summed E-state index contributed by atoms with van der Waals surface area (Å²) in [7, 11) is 0. The van der Waals surface area contributed by atoms with Crippen LogP contribution in [0, 0.1) is 23.7 Å². The van der Waals surface area contributed by atoms with Gasteiger partial charge in [-0.25, -0.2) is 0 Å². The first-order valence-corrected chi connectivity index (χ1v) is 6.90. The van der Waals surface area contributed by atoms with Crippen molar-refractivity contribution >= 4 is 0 Å². The van der Waals surface area contributed by atoms with Crippen LogP contribution in [0.15, 0.2) is 0 Å². The van der Waals surface area contributed by atoms with Crippen LogP contribution in [-0.4, -0.2) is 6.04 Å². The smallest absolute Gasteiger partial charge is 0.00416 e. The molecule has 0 amide bonds. The molecule has 0 radical (unpaired) electrons. The highest BCUT2D eigenvalue weighted by Crippen LogP contribution is 2.49. The molecule has 88 valence electrons. The maximum absolute atomic E-state index is 6.23. The average Bonchev–Trinajstić information content (AvgIpc) is 2.76. The van der Waals surface area contributed by atoms with Crippen molar-refractivity contribution in [3.8, 4) is 0 Å². The molecule has 0 aliphatic heterocycles. The third-order valence-electron chi connectivity index (χ3n) is 4.60. The minimum Gasteiger partial charge on any atom is -0.328 e. The maximum atomic E-state index is 6.23. The van der Waals surface area contributed by atoms with Gasteiger partial charge in [0.25, 0.3) is 0 Å². The summed E-state index contributed by atoms with van der Waals surface area (Å²) >= 11 is 0. The van der Waals surface area contributed by atoms with Gasteiger partial charge in [0.15, 0.2) is 0 Å². The van der Waals surface area contributed by atoms with E-state index in [1.807, 2.05) is 0 Å². The summed E-state index contributed by atoms with van der Waals surface area (Å²) in [5.41, 5.74) is 6.23. The van der Waals surface area contributed by atoms with Crippen LogP contribution in [0.1, 0.15) is 58.8 Å². The number of rotatable bonds is 5. The van der Waals surface area contributed by atoms with Gasteiger partial charge in [0.2, 0.25) is 0 Å². The SMILES string of the molecule is CC(C)CCC(N)CC1CC2CCC1C2. The minimum absolute atomic E-state index is 0.483. The largest absolute Gasteiger partial charge is 0.328 e. The molecule has 1 heteroatoms. The summed E-state index contributed by atoms with van der Waals surface area (Å²) < 4.78 is 0. The van der Waals surface area contributed by atoms with Gasteiger partial charge in [-0.3, -0.25) is 0 Å². The van der Waals surface area contributed by atoms with Crippen molar-refractivity contribution in [1.29, 1.82) is 0 Å².